The third-order valence-electron chi connectivity index (χ3n) is 7.27. The maximum absolute atomic E-state index is 12.6. The first-order valence-electron chi connectivity index (χ1n) is 11.6. The largest absolute Gasteiger partial charge is 0.487 e. The van der Waals surface area contributed by atoms with Crippen molar-refractivity contribution in [2.24, 2.45) is 11.8 Å². The molecule has 3 aliphatic heterocycles. The van der Waals surface area contributed by atoms with Crippen molar-refractivity contribution < 1.29 is 24.2 Å². The Morgan fingerprint density at radius 2 is 1.91 bits per heavy atom. The first-order valence-corrected chi connectivity index (χ1v) is 11.6. The first-order chi connectivity index (χ1) is 15.8. The number of hydrogen-bond acceptors (Lipinski definition) is 5. The van der Waals surface area contributed by atoms with E-state index in [0.29, 0.717) is 18.2 Å². The van der Waals surface area contributed by atoms with E-state index in [4.69, 9.17) is 14.6 Å². The molecular weight excluding hydrogens is 420 g/mol. The number of fused-ring (bicyclic) bond motifs is 4. The van der Waals surface area contributed by atoms with Crippen LogP contribution in [-0.4, -0.2) is 53.2 Å². The predicted octanol–water partition coefficient (Wildman–Crippen LogP) is 3.96. The van der Waals surface area contributed by atoms with Gasteiger partial charge in [-0.05, 0) is 62.9 Å². The molecule has 5 rings (SSSR count). The second-order valence-corrected chi connectivity index (χ2v) is 9.90. The van der Waals surface area contributed by atoms with E-state index < -0.39 is 5.97 Å². The Morgan fingerprint density at radius 3 is 2.67 bits per heavy atom. The van der Waals surface area contributed by atoms with Crippen molar-refractivity contribution >= 4 is 17.6 Å². The van der Waals surface area contributed by atoms with Gasteiger partial charge in [0, 0.05) is 30.3 Å². The molecule has 4 atom stereocenters. The van der Waals surface area contributed by atoms with Gasteiger partial charge in [-0.2, -0.15) is 0 Å². The molecule has 33 heavy (non-hydrogen) atoms. The fraction of sp³-hybridized carbons (Fsp3) is 0.462. The molecule has 3 aliphatic rings. The molecule has 0 saturated carbocycles. The standard InChI is InChI=1S/C26H30N2O5/c1-26(2)20-13-17-14-28(15-23(29)27-18-9-7-16(8-10-18)25(30)31)12-11-21(17)32-24(20)19-5-3-4-6-22(19)33-26/h3-10,17,20-21,24H,11-15H2,1-2H3,(H,27,29)(H,30,31)/t17-,20-,21-,24+/m1/s1. The zero-order valence-corrected chi connectivity index (χ0v) is 19.0. The molecule has 0 unspecified atom stereocenters. The molecule has 2 aromatic carbocycles. The summed E-state index contributed by atoms with van der Waals surface area (Å²) in [6.45, 7) is 6.23. The van der Waals surface area contributed by atoms with Gasteiger partial charge in [0.2, 0.25) is 5.91 Å². The van der Waals surface area contributed by atoms with Gasteiger partial charge in [0.05, 0.1) is 24.3 Å². The summed E-state index contributed by atoms with van der Waals surface area (Å²) in [5.74, 6) is 0.461. The highest BCUT2D eigenvalue weighted by Crippen LogP contribution is 2.52. The number of nitrogens with zero attached hydrogens (tertiary/aromatic N) is 1. The van der Waals surface area contributed by atoms with Crippen molar-refractivity contribution in [2.75, 3.05) is 25.0 Å². The molecule has 0 radical (unpaired) electrons. The summed E-state index contributed by atoms with van der Waals surface area (Å²) in [7, 11) is 0. The van der Waals surface area contributed by atoms with Crippen molar-refractivity contribution in [3.05, 3.63) is 59.7 Å². The van der Waals surface area contributed by atoms with Gasteiger partial charge in [-0.25, -0.2) is 4.79 Å². The van der Waals surface area contributed by atoms with Crippen LogP contribution < -0.4 is 10.1 Å². The molecule has 174 valence electrons. The zero-order valence-electron chi connectivity index (χ0n) is 19.0. The Morgan fingerprint density at radius 1 is 1.15 bits per heavy atom. The summed E-state index contributed by atoms with van der Waals surface area (Å²) in [5.41, 5.74) is 1.63. The number of aromatic carboxylic acids is 1. The lowest BCUT2D eigenvalue weighted by Gasteiger charge is -2.53. The number of carbonyl (C=O) groups excluding carboxylic acids is 1. The van der Waals surface area contributed by atoms with Crippen molar-refractivity contribution in [1.82, 2.24) is 4.90 Å². The summed E-state index contributed by atoms with van der Waals surface area (Å²) >= 11 is 0. The fourth-order valence-electron chi connectivity index (χ4n) is 5.57. The van der Waals surface area contributed by atoms with Gasteiger partial charge in [0.1, 0.15) is 11.4 Å². The fourth-order valence-corrected chi connectivity index (χ4v) is 5.57. The SMILES string of the molecule is CC1(C)Oc2ccccc2[C@@H]2O[C@@H]3CCN(CC(=O)Nc4ccc(C(=O)O)cc4)C[C@H]3C[C@H]21. The van der Waals surface area contributed by atoms with Crippen LogP contribution in [0.5, 0.6) is 5.75 Å². The highest BCUT2D eigenvalue weighted by atomic mass is 16.5. The monoisotopic (exact) mass is 450 g/mol. The van der Waals surface area contributed by atoms with Crippen molar-refractivity contribution in [2.45, 2.75) is 44.5 Å². The molecule has 7 nitrogen and oxygen atoms in total. The Labute approximate surface area is 193 Å². The summed E-state index contributed by atoms with van der Waals surface area (Å²) in [6, 6.07) is 14.4. The summed E-state index contributed by atoms with van der Waals surface area (Å²) in [5, 5.41) is 11.9. The number of carboxylic acid groups (broad SMARTS) is 1. The van der Waals surface area contributed by atoms with Crippen LogP contribution in [0.3, 0.4) is 0 Å². The number of piperidine rings is 1. The number of anilines is 1. The maximum atomic E-state index is 12.6. The van der Waals surface area contributed by atoms with Crippen molar-refractivity contribution in [3.8, 4) is 5.75 Å². The molecule has 0 spiro atoms. The number of ether oxygens (including phenoxy) is 2. The number of likely N-dealkylation sites (tertiary alicyclic amines) is 1. The van der Waals surface area contributed by atoms with Gasteiger partial charge >= 0.3 is 5.97 Å². The Hall–Kier alpha value is -2.90. The Bertz CT molecular complexity index is 1050. The molecule has 1 amide bonds. The zero-order chi connectivity index (χ0) is 23.2. The van der Waals surface area contributed by atoms with E-state index in [1.165, 1.54) is 12.1 Å². The van der Waals surface area contributed by atoms with Gasteiger partial charge in [-0.3, -0.25) is 9.69 Å². The quantitative estimate of drug-likeness (QED) is 0.733. The number of carbonyl (C=O) groups is 2. The minimum Gasteiger partial charge on any atom is -0.487 e. The molecule has 2 N–H and O–H groups in total. The van der Waals surface area contributed by atoms with E-state index in [1.54, 1.807) is 12.1 Å². The Balaban J connectivity index is 1.22. The number of carboxylic acids is 1. The number of amides is 1. The van der Waals surface area contributed by atoms with Crippen LogP contribution in [0.15, 0.2) is 48.5 Å². The molecule has 0 aromatic heterocycles. The third-order valence-corrected chi connectivity index (χ3v) is 7.27. The van der Waals surface area contributed by atoms with Gasteiger partial charge < -0.3 is 19.9 Å². The lowest BCUT2D eigenvalue weighted by Crippen LogP contribution is -2.55. The minimum atomic E-state index is -0.984. The highest BCUT2D eigenvalue weighted by molar-refractivity contribution is 5.93. The molecule has 2 aromatic rings. The van der Waals surface area contributed by atoms with Crippen LogP contribution in [0.1, 0.15) is 48.7 Å². The first kappa shape index (κ1) is 21.9. The second kappa shape index (κ2) is 8.47. The van der Waals surface area contributed by atoms with Crippen LogP contribution in [0.25, 0.3) is 0 Å². The molecule has 0 bridgehead atoms. The molecule has 3 heterocycles. The second-order valence-electron chi connectivity index (χ2n) is 9.90. The number of nitrogens with one attached hydrogen (secondary N) is 1. The van der Waals surface area contributed by atoms with E-state index in [2.05, 4.69) is 30.1 Å². The summed E-state index contributed by atoms with van der Waals surface area (Å²) in [6.07, 6.45) is 2.15. The van der Waals surface area contributed by atoms with Crippen LogP contribution in [0.4, 0.5) is 5.69 Å². The highest BCUT2D eigenvalue weighted by Gasteiger charge is 2.51. The average Bonchev–Trinajstić information content (AvgIpc) is 2.78. The van der Waals surface area contributed by atoms with Gasteiger partial charge in [0.15, 0.2) is 0 Å². The number of rotatable bonds is 4. The van der Waals surface area contributed by atoms with Crippen LogP contribution >= 0.6 is 0 Å². The molecule has 0 aliphatic carbocycles. The lowest BCUT2D eigenvalue weighted by atomic mass is 9.70. The van der Waals surface area contributed by atoms with Crippen LogP contribution in [0, 0.1) is 11.8 Å². The Kier molecular flexibility index (Phi) is 5.62. The topological polar surface area (TPSA) is 88.1 Å². The number of benzene rings is 2. The van der Waals surface area contributed by atoms with Crippen LogP contribution in [0.2, 0.25) is 0 Å². The van der Waals surface area contributed by atoms with Crippen LogP contribution in [-0.2, 0) is 9.53 Å². The van der Waals surface area contributed by atoms with E-state index in [0.717, 1.165) is 37.2 Å². The predicted molar refractivity (Wildman–Crippen MR) is 123 cm³/mol. The van der Waals surface area contributed by atoms with E-state index in [9.17, 15) is 9.59 Å². The van der Waals surface area contributed by atoms with Gasteiger partial charge in [-0.1, -0.05) is 18.2 Å². The molecule has 2 saturated heterocycles. The summed E-state index contributed by atoms with van der Waals surface area (Å²) in [4.78, 5) is 25.8. The molecule has 7 heteroatoms. The van der Waals surface area contributed by atoms with Gasteiger partial charge in [-0.15, -0.1) is 0 Å². The van der Waals surface area contributed by atoms with Gasteiger partial charge in [0.25, 0.3) is 0 Å². The van der Waals surface area contributed by atoms with E-state index in [1.807, 2.05) is 18.2 Å². The molecular formula is C26H30N2O5. The number of hydrogen-bond donors (Lipinski definition) is 2. The molecule has 2 fully saturated rings. The summed E-state index contributed by atoms with van der Waals surface area (Å²) < 4.78 is 13.0. The smallest absolute Gasteiger partial charge is 0.335 e. The third kappa shape index (κ3) is 4.35. The number of para-hydroxylation sites is 1. The van der Waals surface area contributed by atoms with Crippen molar-refractivity contribution in [1.29, 1.82) is 0 Å². The lowest BCUT2D eigenvalue weighted by molar-refractivity contribution is -0.187. The average molecular weight is 451 g/mol. The maximum Gasteiger partial charge on any atom is 0.335 e. The van der Waals surface area contributed by atoms with E-state index in [-0.39, 0.29) is 35.2 Å². The normalized spacial score (nSPS) is 27.9. The van der Waals surface area contributed by atoms with Crippen molar-refractivity contribution in [3.63, 3.8) is 0 Å². The minimum absolute atomic E-state index is 0.0508. The van der Waals surface area contributed by atoms with E-state index >= 15 is 0 Å².